The SMILES string of the molecule is Cc1ncccc1NC(=O)C(F)F. The van der Waals surface area contributed by atoms with E-state index in [2.05, 4.69) is 10.3 Å². The second-order valence-corrected chi connectivity index (χ2v) is 2.43. The van der Waals surface area contributed by atoms with Crippen molar-refractivity contribution >= 4 is 11.6 Å². The molecule has 5 heteroatoms. The van der Waals surface area contributed by atoms with Crippen LogP contribution in [0.3, 0.4) is 0 Å². The zero-order valence-corrected chi connectivity index (χ0v) is 6.92. The van der Waals surface area contributed by atoms with Gasteiger partial charge in [-0.25, -0.2) is 0 Å². The summed E-state index contributed by atoms with van der Waals surface area (Å²) in [6.45, 7) is 1.63. The number of carbonyl (C=O) groups excluding carboxylic acids is 1. The van der Waals surface area contributed by atoms with E-state index in [1.807, 2.05) is 0 Å². The van der Waals surface area contributed by atoms with Gasteiger partial charge in [0.1, 0.15) is 0 Å². The Balaban J connectivity index is 2.75. The molecule has 0 aliphatic rings. The number of hydrogen-bond donors (Lipinski definition) is 1. The number of halogens is 2. The van der Waals surface area contributed by atoms with Crippen molar-refractivity contribution < 1.29 is 13.6 Å². The minimum Gasteiger partial charge on any atom is -0.319 e. The van der Waals surface area contributed by atoms with E-state index in [1.54, 1.807) is 13.0 Å². The maximum atomic E-state index is 11.8. The Bertz CT molecular complexity index is 315. The van der Waals surface area contributed by atoms with E-state index in [9.17, 15) is 13.6 Å². The van der Waals surface area contributed by atoms with Crippen molar-refractivity contribution in [2.24, 2.45) is 0 Å². The molecule has 0 saturated heterocycles. The average molecular weight is 186 g/mol. The standard InChI is InChI=1S/C8H8F2N2O/c1-5-6(3-2-4-11-5)12-8(13)7(9)10/h2-4,7H,1H3,(H,12,13). The van der Waals surface area contributed by atoms with Crippen LogP contribution in [0.5, 0.6) is 0 Å². The molecule has 0 spiro atoms. The third-order valence-corrected chi connectivity index (χ3v) is 1.46. The number of hydrogen-bond acceptors (Lipinski definition) is 2. The van der Waals surface area contributed by atoms with E-state index in [4.69, 9.17) is 0 Å². The normalized spacial score (nSPS) is 10.2. The van der Waals surface area contributed by atoms with E-state index >= 15 is 0 Å². The van der Waals surface area contributed by atoms with E-state index in [-0.39, 0.29) is 0 Å². The average Bonchev–Trinajstić information content (AvgIpc) is 2.08. The van der Waals surface area contributed by atoms with Crippen LogP contribution < -0.4 is 5.32 Å². The Hall–Kier alpha value is -1.52. The quantitative estimate of drug-likeness (QED) is 0.762. The van der Waals surface area contributed by atoms with Gasteiger partial charge in [0, 0.05) is 6.20 Å². The zero-order chi connectivity index (χ0) is 9.84. The highest BCUT2D eigenvalue weighted by atomic mass is 19.3. The summed E-state index contributed by atoms with van der Waals surface area (Å²) in [6.07, 6.45) is -1.48. The van der Waals surface area contributed by atoms with Crippen LogP contribution in [0.15, 0.2) is 18.3 Å². The molecular weight excluding hydrogens is 178 g/mol. The number of anilines is 1. The fourth-order valence-corrected chi connectivity index (χ4v) is 0.804. The number of pyridine rings is 1. The molecule has 1 heterocycles. The maximum Gasteiger partial charge on any atom is 0.315 e. The number of amides is 1. The summed E-state index contributed by atoms with van der Waals surface area (Å²) >= 11 is 0. The van der Waals surface area contributed by atoms with Crippen LogP contribution in [0, 0.1) is 6.92 Å². The summed E-state index contributed by atoms with van der Waals surface area (Å²) in [5.41, 5.74) is 0.823. The molecule has 0 unspecified atom stereocenters. The van der Waals surface area contributed by atoms with Gasteiger partial charge in [0.15, 0.2) is 0 Å². The summed E-state index contributed by atoms with van der Waals surface area (Å²) < 4.78 is 23.6. The molecule has 1 rings (SSSR count). The van der Waals surface area contributed by atoms with Crippen molar-refractivity contribution in [2.45, 2.75) is 13.3 Å². The Morgan fingerprint density at radius 1 is 1.62 bits per heavy atom. The largest absolute Gasteiger partial charge is 0.319 e. The van der Waals surface area contributed by atoms with Crippen molar-refractivity contribution in [1.29, 1.82) is 0 Å². The molecule has 70 valence electrons. The van der Waals surface area contributed by atoms with Crippen molar-refractivity contribution in [1.82, 2.24) is 4.98 Å². The predicted molar refractivity (Wildman–Crippen MR) is 43.6 cm³/mol. The van der Waals surface area contributed by atoms with Gasteiger partial charge < -0.3 is 5.32 Å². The second kappa shape index (κ2) is 3.93. The lowest BCUT2D eigenvalue weighted by atomic mass is 10.3. The van der Waals surface area contributed by atoms with Gasteiger partial charge in [-0.2, -0.15) is 8.78 Å². The third kappa shape index (κ3) is 2.47. The summed E-state index contributed by atoms with van der Waals surface area (Å²) in [5, 5.41) is 2.06. The van der Waals surface area contributed by atoms with Gasteiger partial charge in [-0.1, -0.05) is 0 Å². The number of alkyl halides is 2. The number of carbonyl (C=O) groups is 1. The molecule has 0 atom stereocenters. The van der Waals surface area contributed by atoms with E-state index < -0.39 is 12.3 Å². The van der Waals surface area contributed by atoms with Crippen LogP contribution >= 0.6 is 0 Å². The Morgan fingerprint density at radius 3 is 2.85 bits per heavy atom. The molecule has 1 aromatic rings. The number of rotatable bonds is 2. The summed E-state index contributed by atoms with van der Waals surface area (Å²) in [7, 11) is 0. The minimum absolute atomic E-state index is 0.313. The summed E-state index contributed by atoms with van der Waals surface area (Å²) in [5.74, 6) is -1.31. The first-order chi connectivity index (χ1) is 6.11. The predicted octanol–water partition coefficient (Wildman–Crippen LogP) is 1.59. The lowest BCUT2D eigenvalue weighted by Gasteiger charge is -2.05. The lowest BCUT2D eigenvalue weighted by molar-refractivity contribution is -0.126. The van der Waals surface area contributed by atoms with Gasteiger partial charge in [0.2, 0.25) is 0 Å². The topological polar surface area (TPSA) is 42.0 Å². The second-order valence-electron chi connectivity index (χ2n) is 2.43. The van der Waals surface area contributed by atoms with Gasteiger partial charge >= 0.3 is 6.43 Å². The molecule has 0 aliphatic heterocycles. The number of aryl methyl sites for hydroxylation is 1. The Labute approximate surface area is 73.8 Å². The fourth-order valence-electron chi connectivity index (χ4n) is 0.804. The highest BCUT2D eigenvalue weighted by Crippen LogP contribution is 2.11. The van der Waals surface area contributed by atoms with E-state index in [0.717, 1.165) is 0 Å². The van der Waals surface area contributed by atoms with Crippen molar-refractivity contribution in [3.05, 3.63) is 24.0 Å². The maximum absolute atomic E-state index is 11.8. The van der Waals surface area contributed by atoms with E-state index in [0.29, 0.717) is 11.4 Å². The van der Waals surface area contributed by atoms with Crippen LogP contribution in [0.1, 0.15) is 5.69 Å². The Morgan fingerprint density at radius 2 is 2.31 bits per heavy atom. The van der Waals surface area contributed by atoms with Crippen molar-refractivity contribution in [2.75, 3.05) is 5.32 Å². The highest BCUT2D eigenvalue weighted by molar-refractivity contribution is 5.93. The van der Waals surface area contributed by atoms with Gasteiger partial charge in [-0.15, -0.1) is 0 Å². The molecule has 1 amide bonds. The first-order valence-electron chi connectivity index (χ1n) is 3.62. The van der Waals surface area contributed by atoms with Gasteiger partial charge in [0.05, 0.1) is 11.4 Å². The highest BCUT2D eigenvalue weighted by Gasteiger charge is 2.15. The molecule has 0 aromatic carbocycles. The molecule has 13 heavy (non-hydrogen) atoms. The van der Waals surface area contributed by atoms with Crippen LogP contribution in [-0.2, 0) is 4.79 Å². The van der Waals surface area contributed by atoms with E-state index in [1.165, 1.54) is 12.3 Å². The van der Waals surface area contributed by atoms with Gasteiger partial charge in [-0.05, 0) is 19.1 Å². The molecule has 1 aromatic heterocycles. The minimum atomic E-state index is -3.00. The molecule has 0 radical (unpaired) electrons. The summed E-state index contributed by atoms with van der Waals surface area (Å²) in [4.78, 5) is 14.4. The number of nitrogens with zero attached hydrogens (tertiary/aromatic N) is 1. The summed E-state index contributed by atoms with van der Waals surface area (Å²) in [6, 6.07) is 3.08. The van der Waals surface area contributed by atoms with Gasteiger partial charge in [0.25, 0.3) is 5.91 Å². The van der Waals surface area contributed by atoms with Gasteiger partial charge in [-0.3, -0.25) is 9.78 Å². The molecule has 0 fully saturated rings. The first-order valence-corrected chi connectivity index (χ1v) is 3.62. The Kier molecular flexibility index (Phi) is 2.89. The lowest BCUT2D eigenvalue weighted by Crippen LogP contribution is -2.20. The molecule has 3 nitrogen and oxygen atoms in total. The van der Waals surface area contributed by atoms with Crippen molar-refractivity contribution in [3.63, 3.8) is 0 Å². The first kappa shape index (κ1) is 9.57. The molecule has 0 bridgehead atoms. The van der Waals surface area contributed by atoms with Crippen LogP contribution in [0.2, 0.25) is 0 Å². The molecule has 1 N–H and O–H groups in total. The monoisotopic (exact) mass is 186 g/mol. The smallest absolute Gasteiger partial charge is 0.315 e. The van der Waals surface area contributed by atoms with Crippen LogP contribution in [-0.4, -0.2) is 17.3 Å². The fraction of sp³-hybridized carbons (Fsp3) is 0.250. The number of nitrogens with one attached hydrogen (secondary N) is 1. The molecule has 0 saturated carbocycles. The molecule has 0 aliphatic carbocycles. The number of aromatic nitrogens is 1. The van der Waals surface area contributed by atoms with Crippen LogP contribution in [0.25, 0.3) is 0 Å². The zero-order valence-electron chi connectivity index (χ0n) is 6.92. The molecular formula is C8H8F2N2O. The van der Waals surface area contributed by atoms with Crippen molar-refractivity contribution in [3.8, 4) is 0 Å². The van der Waals surface area contributed by atoms with Crippen LogP contribution in [0.4, 0.5) is 14.5 Å². The third-order valence-electron chi connectivity index (χ3n) is 1.46.